The third-order valence-electron chi connectivity index (χ3n) is 4.63. The van der Waals surface area contributed by atoms with E-state index in [0.717, 1.165) is 32.2 Å². The largest absolute Gasteiger partial charge is 0.315 e. The van der Waals surface area contributed by atoms with E-state index in [1.807, 2.05) is 6.92 Å². The minimum absolute atomic E-state index is 0.212. The summed E-state index contributed by atoms with van der Waals surface area (Å²) in [4.78, 5) is 0. The van der Waals surface area contributed by atoms with Crippen molar-refractivity contribution in [2.45, 2.75) is 58.6 Å². The quantitative estimate of drug-likeness (QED) is 0.697. The molecule has 1 heterocycles. The Kier molecular flexibility index (Phi) is 6.27. The average molecular weight is 290 g/mol. The summed E-state index contributed by atoms with van der Waals surface area (Å²) in [6, 6.07) is 0. The van der Waals surface area contributed by atoms with Crippen molar-refractivity contribution in [1.82, 2.24) is 9.62 Å². The molecule has 4 nitrogen and oxygen atoms in total. The Morgan fingerprint density at radius 3 is 2.37 bits per heavy atom. The molecular formula is C14H30N2O2S. The van der Waals surface area contributed by atoms with Gasteiger partial charge in [-0.05, 0) is 44.6 Å². The average Bonchev–Trinajstić information content (AvgIpc) is 2.84. The maximum Gasteiger partial charge on any atom is 0.217 e. The van der Waals surface area contributed by atoms with E-state index < -0.39 is 10.0 Å². The van der Waals surface area contributed by atoms with Gasteiger partial charge >= 0.3 is 0 Å². The molecule has 1 aliphatic rings. The van der Waals surface area contributed by atoms with Gasteiger partial charge in [-0.25, -0.2) is 12.7 Å². The molecular weight excluding hydrogens is 260 g/mol. The zero-order chi connectivity index (χ0) is 14.5. The van der Waals surface area contributed by atoms with Crippen LogP contribution in [-0.2, 0) is 10.0 Å². The fraction of sp³-hybridized carbons (Fsp3) is 1.00. The summed E-state index contributed by atoms with van der Waals surface area (Å²) >= 11 is 0. The summed E-state index contributed by atoms with van der Waals surface area (Å²) in [6.07, 6.45) is 4.18. The van der Waals surface area contributed by atoms with Crippen LogP contribution in [0, 0.1) is 5.41 Å². The van der Waals surface area contributed by atoms with Crippen LogP contribution in [0.25, 0.3) is 0 Å². The van der Waals surface area contributed by atoms with E-state index in [4.69, 9.17) is 0 Å². The van der Waals surface area contributed by atoms with Gasteiger partial charge in [0.25, 0.3) is 0 Å². The predicted octanol–water partition coefficient (Wildman–Crippen LogP) is 2.22. The van der Waals surface area contributed by atoms with Gasteiger partial charge in [0.05, 0.1) is 5.25 Å². The summed E-state index contributed by atoms with van der Waals surface area (Å²) in [5, 5.41) is 2.88. The first-order valence-corrected chi connectivity index (χ1v) is 9.12. The Balaban J connectivity index is 2.64. The highest BCUT2D eigenvalue weighted by Crippen LogP contribution is 2.38. The Labute approximate surface area is 119 Å². The van der Waals surface area contributed by atoms with Gasteiger partial charge in [0.15, 0.2) is 0 Å². The number of nitrogens with zero attached hydrogens (tertiary/aromatic N) is 1. The number of sulfonamides is 1. The minimum Gasteiger partial charge on any atom is -0.315 e. The molecule has 5 heteroatoms. The molecule has 0 amide bonds. The van der Waals surface area contributed by atoms with E-state index >= 15 is 0 Å². The van der Waals surface area contributed by atoms with E-state index in [1.165, 1.54) is 0 Å². The van der Waals surface area contributed by atoms with Crippen molar-refractivity contribution >= 4 is 10.0 Å². The smallest absolute Gasteiger partial charge is 0.217 e. The highest BCUT2D eigenvalue weighted by Gasteiger charge is 2.41. The molecule has 0 spiro atoms. The van der Waals surface area contributed by atoms with Crippen LogP contribution in [-0.4, -0.2) is 44.2 Å². The maximum atomic E-state index is 12.5. The van der Waals surface area contributed by atoms with Crippen LogP contribution < -0.4 is 5.32 Å². The molecule has 1 fully saturated rings. The molecule has 0 aromatic carbocycles. The van der Waals surface area contributed by atoms with Crippen molar-refractivity contribution in [2.75, 3.05) is 26.2 Å². The summed E-state index contributed by atoms with van der Waals surface area (Å²) in [5.41, 5.74) is 0.212. The lowest BCUT2D eigenvalue weighted by molar-refractivity contribution is 0.279. The van der Waals surface area contributed by atoms with Gasteiger partial charge in [0.2, 0.25) is 10.0 Å². The molecule has 0 radical (unpaired) electrons. The Morgan fingerprint density at radius 1 is 1.26 bits per heavy atom. The van der Waals surface area contributed by atoms with E-state index in [0.29, 0.717) is 19.6 Å². The number of nitrogens with one attached hydrogen (secondary N) is 1. The van der Waals surface area contributed by atoms with Crippen LogP contribution in [0.15, 0.2) is 0 Å². The minimum atomic E-state index is -3.14. The molecule has 114 valence electrons. The van der Waals surface area contributed by atoms with Gasteiger partial charge in [-0.1, -0.05) is 20.8 Å². The molecule has 0 aromatic heterocycles. The van der Waals surface area contributed by atoms with Gasteiger partial charge in [-0.2, -0.15) is 0 Å². The second-order valence-corrected chi connectivity index (χ2v) is 8.20. The van der Waals surface area contributed by atoms with Crippen molar-refractivity contribution in [3.05, 3.63) is 0 Å². The highest BCUT2D eigenvalue weighted by atomic mass is 32.2. The standard InChI is InChI=1S/C14H30N2O2S/c1-5-9-15-11-13(4)19(17,18)16-10-8-14(6-2,7-3)12-16/h13,15H,5-12H2,1-4H3. The van der Waals surface area contributed by atoms with E-state index in [9.17, 15) is 8.42 Å². The predicted molar refractivity (Wildman–Crippen MR) is 80.7 cm³/mol. The highest BCUT2D eigenvalue weighted by molar-refractivity contribution is 7.89. The normalized spacial score (nSPS) is 21.7. The third kappa shape index (κ3) is 3.92. The van der Waals surface area contributed by atoms with Crippen molar-refractivity contribution in [3.63, 3.8) is 0 Å². The van der Waals surface area contributed by atoms with Crippen molar-refractivity contribution < 1.29 is 8.42 Å². The second-order valence-electron chi connectivity index (χ2n) is 5.85. The number of hydrogen-bond acceptors (Lipinski definition) is 3. The lowest BCUT2D eigenvalue weighted by Gasteiger charge is -2.27. The number of rotatable bonds is 8. The van der Waals surface area contributed by atoms with E-state index in [-0.39, 0.29) is 10.7 Å². The van der Waals surface area contributed by atoms with Gasteiger partial charge in [0, 0.05) is 19.6 Å². The maximum absolute atomic E-state index is 12.5. The van der Waals surface area contributed by atoms with Crippen LogP contribution in [0.1, 0.15) is 53.4 Å². The molecule has 1 unspecified atom stereocenters. The third-order valence-corrected chi connectivity index (χ3v) is 6.85. The van der Waals surface area contributed by atoms with Crippen LogP contribution in [0.3, 0.4) is 0 Å². The fourth-order valence-corrected chi connectivity index (χ4v) is 4.42. The van der Waals surface area contributed by atoms with Gasteiger partial charge in [-0.15, -0.1) is 0 Å². The molecule has 19 heavy (non-hydrogen) atoms. The van der Waals surface area contributed by atoms with Crippen molar-refractivity contribution in [2.24, 2.45) is 5.41 Å². The van der Waals surface area contributed by atoms with Gasteiger partial charge in [0.1, 0.15) is 0 Å². The zero-order valence-electron chi connectivity index (χ0n) is 12.9. The summed E-state index contributed by atoms with van der Waals surface area (Å²) < 4.78 is 26.8. The Hall–Kier alpha value is -0.130. The van der Waals surface area contributed by atoms with Crippen molar-refractivity contribution in [3.8, 4) is 0 Å². The fourth-order valence-electron chi connectivity index (χ4n) is 2.78. The topological polar surface area (TPSA) is 49.4 Å². The van der Waals surface area contributed by atoms with Crippen LogP contribution in [0.2, 0.25) is 0 Å². The Morgan fingerprint density at radius 2 is 1.89 bits per heavy atom. The molecule has 0 aliphatic carbocycles. The first-order valence-electron chi connectivity index (χ1n) is 7.61. The monoisotopic (exact) mass is 290 g/mol. The van der Waals surface area contributed by atoms with Crippen LogP contribution in [0.5, 0.6) is 0 Å². The molecule has 1 aliphatic heterocycles. The van der Waals surface area contributed by atoms with Crippen LogP contribution in [0.4, 0.5) is 0 Å². The summed E-state index contributed by atoms with van der Waals surface area (Å²) in [5.74, 6) is 0. The number of hydrogen-bond donors (Lipinski definition) is 1. The molecule has 1 N–H and O–H groups in total. The van der Waals surface area contributed by atoms with Crippen LogP contribution >= 0.6 is 0 Å². The Bertz CT molecular complexity index is 364. The SMILES string of the molecule is CCCNCC(C)S(=O)(=O)N1CCC(CC)(CC)C1. The lowest BCUT2D eigenvalue weighted by atomic mass is 9.82. The molecule has 1 rings (SSSR count). The van der Waals surface area contributed by atoms with Gasteiger partial charge in [-0.3, -0.25) is 0 Å². The summed E-state index contributed by atoms with van der Waals surface area (Å²) in [6.45, 7) is 11.1. The van der Waals surface area contributed by atoms with Gasteiger partial charge < -0.3 is 5.32 Å². The first-order chi connectivity index (χ1) is 8.91. The van der Waals surface area contributed by atoms with Crippen molar-refractivity contribution in [1.29, 1.82) is 0 Å². The van der Waals surface area contributed by atoms with E-state index in [2.05, 4.69) is 26.1 Å². The molecule has 0 saturated carbocycles. The lowest BCUT2D eigenvalue weighted by Crippen LogP contribution is -2.42. The molecule has 1 atom stereocenters. The first kappa shape index (κ1) is 16.9. The summed E-state index contributed by atoms with van der Waals surface area (Å²) in [7, 11) is -3.14. The molecule has 1 saturated heterocycles. The molecule has 0 bridgehead atoms. The zero-order valence-corrected chi connectivity index (χ0v) is 13.7. The molecule has 0 aromatic rings. The second kappa shape index (κ2) is 7.04. The van der Waals surface area contributed by atoms with E-state index in [1.54, 1.807) is 4.31 Å².